The number of aromatic amines is 1. The molecule has 4 heteroatoms. The Morgan fingerprint density at radius 1 is 1.28 bits per heavy atom. The van der Waals surface area contributed by atoms with Crippen LogP contribution < -0.4 is 10.1 Å². The number of methoxy groups -OCH3 is 1. The van der Waals surface area contributed by atoms with Crippen LogP contribution in [0.15, 0.2) is 42.6 Å². The summed E-state index contributed by atoms with van der Waals surface area (Å²) < 4.78 is 5.21. The zero-order valence-electron chi connectivity index (χ0n) is 10.3. The number of benzene rings is 1. The first-order valence-corrected chi connectivity index (χ1v) is 5.80. The van der Waals surface area contributed by atoms with Crippen LogP contribution in [0, 0.1) is 0 Å². The van der Waals surface area contributed by atoms with Gasteiger partial charge in [0.2, 0.25) is 5.91 Å². The molecule has 0 bridgehead atoms. The summed E-state index contributed by atoms with van der Waals surface area (Å²) in [5.41, 5.74) is 1.88. The van der Waals surface area contributed by atoms with Gasteiger partial charge in [-0.15, -0.1) is 0 Å². The predicted octanol–water partition coefficient (Wildman–Crippen LogP) is 1.88. The van der Waals surface area contributed by atoms with E-state index in [4.69, 9.17) is 4.74 Å². The summed E-state index contributed by atoms with van der Waals surface area (Å²) in [6.07, 6.45) is 2.16. The third-order valence-electron chi connectivity index (χ3n) is 2.68. The molecule has 18 heavy (non-hydrogen) atoms. The summed E-state index contributed by atoms with van der Waals surface area (Å²) in [5.74, 6) is 0.724. The molecule has 94 valence electrons. The Hall–Kier alpha value is -2.23. The van der Waals surface area contributed by atoms with Crippen molar-refractivity contribution in [2.24, 2.45) is 0 Å². The molecule has 0 saturated carbocycles. The third kappa shape index (κ3) is 3.13. The second-order valence-electron chi connectivity index (χ2n) is 3.96. The average Bonchev–Trinajstić information content (AvgIpc) is 2.90. The topological polar surface area (TPSA) is 54.1 Å². The van der Waals surface area contributed by atoms with Crippen molar-refractivity contribution in [3.05, 3.63) is 53.9 Å². The van der Waals surface area contributed by atoms with Gasteiger partial charge in [-0.05, 0) is 18.2 Å². The van der Waals surface area contributed by atoms with Gasteiger partial charge in [-0.25, -0.2) is 0 Å². The summed E-state index contributed by atoms with van der Waals surface area (Å²) in [7, 11) is 1.61. The van der Waals surface area contributed by atoms with E-state index in [-0.39, 0.29) is 5.91 Å². The van der Waals surface area contributed by atoms with Gasteiger partial charge >= 0.3 is 0 Å². The van der Waals surface area contributed by atoms with Gasteiger partial charge in [0, 0.05) is 17.5 Å². The Balaban J connectivity index is 1.90. The fraction of sp³-hybridized carbons (Fsp3) is 0.214. The number of carbonyl (C=O) groups is 1. The molecule has 4 nitrogen and oxygen atoms in total. The van der Waals surface area contributed by atoms with Crippen LogP contribution in [-0.4, -0.2) is 18.0 Å². The van der Waals surface area contributed by atoms with Crippen LogP contribution in [0.25, 0.3) is 0 Å². The lowest BCUT2D eigenvalue weighted by molar-refractivity contribution is -0.120. The number of rotatable bonds is 5. The van der Waals surface area contributed by atoms with Crippen molar-refractivity contribution in [3.8, 4) is 5.75 Å². The summed E-state index contributed by atoms with van der Waals surface area (Å²) in [5, 5.41) is 2.86. The first-order chi connectivity index (χ1) is 8.79. The van der Waals surface area contributed by atoms with Crippen molar-refractivity contribution in [3.63, 3.8) is 0 Å². The van der Waals surface area contributed by atoms with Crippen LogP contribution in [0.1, 0.15) is 11.3 Å². The van der Waals surface area contributed by atoms with Gasteiger partial charge < -0.3 is 15.0 Å². The van der Waals surface area contributed by atoms with Gasteiger partial charge in [0.25, 0.3) is 0 Å². The van der Waals surface area contributed by atoms with Crippen LogP contribution in [0.3, 0.4) is 0 Å². The molecular weight excluding hydrogens is 228 g/mol. The summed E-state index contributed by atoms with van der Waals surface area (Å²) in [4.78, 5) is 14.8. The SMILES string of the molecule is COc1ccccc1CC(=O)NCc1ccc[nH]1. The summed E-state index contributed by atoms with van der Waals surface area (Å²) in [6, 6.07) is 11.4. The van der Waals surface area contributed by atoms with Crippen molar-refractivity contribution in [2.75, 3.05) is 7.11 Å². The van der Waals surface area contributed by atoms with Crippen LogP contribution in [0.2, 0.25) is 0 Å². The van der Waals surface area contributed by atoms with E-state index >= 15 is 0 Å². The number of H-pyrrole nitrogens is 1. The van der Waals surface area contributed by atoms with E-state index in [2.05, 4.69) is 10.3 Å². The van der Waals surface area contributed by atoms with Crippen molar-refractivity contribution in [1.29, 1.82) is 0 Å². The lowest BCUT2D eigenvalue weighted by Gasteiger charge is -2.08. The maximum atomic E-state index is 11.8. The lowest BCUT2D eigenvalue weighted by Crippen LogP contribution is -2.24. The number of carbonyl (C=O) groups excluding carboxylic acids is 1. The minimum Gasteiger partial charge on any atom is -0.496 e. The van der Waals surface area contributed by atoms with E-state index in [0.29, 0.717) is 13.0 Å². The molecule has 0 radical (unpaired) electrons. The maximum absolute atomic E-state index is 11.8. The highest BCUT2D eigenvalue weighted by molar-refractivity contribution is 5.79. The fourth-order valence-corrected chi connectivity index (χ4v) is 1.76. The standard InChI is InChI=1S/C14H16N2O2/c1-18-13-7-3-2-5-11(13)9-14(17)16-10-12-6-4-8-15-12/h2-8,15H,9-10H2,1H3,(H,16,17). The smallest absolute Gasteiger partial charge is 0.224 e. The summed E-state index contributed by atoms with van der Waals surface area (Å²) in [6.45, 7) is 0.515. The van der Waals surface area contributed by atoms with Gasteiger partial charge in [0.1, 0.15) is 5.75 Å². The molecule has 0 aliphatic carbocycles. The van der Waals surface area contributed by atoms with Gasteiger partial charge in [0.05, 0.1) is 20.1 Å². The molecule has 1 heterocycles. The van der Waals surface area contributed by atoms with E-state index in [0.717, 1.165) is 17.0 Å². The molecule has 1 aromatic heterocycles. The Labute approximate surface area is 106 Å². The number of ether oxygens (including phenoxy) is 1. The van der Waals surface area contributed by atoms with Crippen molar-refractivity contribution in [1.82, 2.24) is 10.3 Å². The number of aromatic nitrogens is 1. The number of nitrogens with one attached hydrogen (secondary N) is 2. The lowest BCUT2D eigenvalue weighted by atomic mass is 10.1. The van der Waals surface area contributed by atoms with E-state index < -0.39 is 0 Å². The van der Waals surface area contributed by atoms with Crippen molar-refractivity contribution in [2.45, 2.75) is 13.0 Å². The van der Waals surface area contributed by atoms with Gasteiger partial charge in [0.15, 0.2) is 0 Å². The maximum Gasteiger partial charge on any atom is 0.224 e. The molecule has 2 N–H and O–H groups in total. The summed E-state index contributed by atoms with van der Waals surface area (Å²) >= 11 is 0. The zero-order chi connectivity index (χ0) is 12.8. The van der Waals surface area contributed by atoms with E-state index in [1.165, 1.54) is 0 Å². The second kappa shape index (κ2) is 5.91. The molecule has 0 atom stereocenters. The number of hydrogen-bond donors (Lipinski definition) is 2. The van der Waals surface area contributed by atoms with E-state index in [1.807, 2.05) is 42.6 Å². The minimum absolute atomic E-state index is 0.0194. The van der Waals surface area contributed by atoms with E-state index in [9.17, 15) is 4.79 Å². The fourth-order valence-electron chi connectivity index (χ4n) is 1.76. The number of hydrogen-bond acceptors (Lipinski definition) is 2. The first-order valence-electron chi connectivity index (χ1n) is 5.80. The Morgan fingerprint density at radius 2 is 2.11 bits per heavy atom. The normalized spacial score (nSPS) is 10.1. The zero-order valence-corrected chi connectivity index (χ0v) is 10.3. The molecule has 0 aliphatic rings. The number of para-hydroxylation sites is 1. The minimum atomic E-state index is -0.0194. The molecule has 0 fully saturated rings. The molecule has 0 saturated heterocycles. The van der Waals surface area contributed by atoms with Crippen LogP contribution >= 0.6 is 0 Å². The Bertz CT molecular complexity index is 506. The molecule has 0 unspecified atom stereocenters. The molecule has 2 rings (SSSR count). The molecular formula is C14H16N2O2. The van der Waals surface area contributed by atoms with Gasteiger partial charge in [-0.2, -0.15) is 0 Å². The quantitative estimate of drug-likeness (QED) is 0.843. The van der Waals surface area contributed by atoms with Crippen LogP contribution in [-0.2, 0) is 17.8 Å². The van der Waals surface area contributed by atoms with Crippen LogP contribution in [0.4, 0.5) is 0 Å². The number of amides is 1. The highest BCUT2D eigenvalue weighted by Crippen LogP contribution is 2.17. The Morgan fingerprint density at radius 3 is 2.83 bits per heavy atom. The molecule has 2 aromatic rings. The monoisotopic (exact) mass is 244 g/mol. The van der Waals surface area contributed by atoms with Crippen molar-refractivity contribution >= 4 is 5.91 Å². The molecule has 1 amide bonds. The average molecular weight is 244 g/mol. The highest BCUT2D eigenvalue weighted by atomic mass is 16.5. The third-order valence-corrected chi connectivity index (χ3v) is 2.68. The molecule has 0 spiro atoms. The predicted molar refractivity (Wildman–Crippen MR) is 69.3 cm³/mol. The van der Waals surface area contributed by atoms with Gasteiger partial charge in [-0.3, -0.25) is 4.79 Å². The second-order valence-corrected chi connectivity index (χ2v) is 3.96. The largest absolute Gasteiger partial charge is 0.496 e. The molecule has 0 aliphatic heterocycles. The van der Waals surface area contributed by atoms with Crippen LogP contribution in [0.5, 0.6) is 5.75 Å². The van der Waals surface area contributed by atoms with Gasteiger partial charge in [-0.1, -0.05) is 18.2 Å². The van der Waals surface area contributed by atoms with E-state index in [1.54, 1.807) is 7.11 Å². The first kappa shape index (κ1) is 12.2. The Kier molecular flexibility index (Phi) is 4.02. The van der Waals surface area contributed by atoms with Crippen molar-refractivity contribution < 1.29 is 9.53 Å². The highest BCUT2D eigenvalue weighted by Gasteiger charge is 2.07. The molecule has 1 aromatic carbocycles.